The number of aromatic nitrogens is 1. The van der Waals surface area contributed by atoms with Gasteiger partial charge in [0, 0.05) is 25.0 Å². The second-order valence-electron chi connectivity index (χ2n) is 4.83. The molecule has 0 spiro atoms. The third kappa shape index (κ3) is 3.49. The van der Waals surface area contributed by atoms with E-state index >= 15 is 0 Å². The number of benzene rings is 1. The minimum atomic E-state index is -3.74. The van der Waals surface area contributed by atoms with Gasteiger partial charge in [0.05, 0.1) is 11.5 Å². The van der Waals surface area contributed by atoms with Crippen LogP contribution in [0.15, 0.2) is 41.4 Å². The van der Waals surface area contributed by atoms with Gasteiger partial charge in [-0.15, -0.1) is 0 Å². The fraction of sp³-hybridized carbons (Fsp3) is 0.286. The van der Waals surface area contributed by atoms with Gasteiger partial charge >= 0.3 is 0 Å². The molecule has 0 saturated heterocycles. The van der Waals surface area contributed by atoms with Gasteiger partial charge in [-0.05, 0) is 30.7 Å². The highest BCUT2D eigenvalue weighted by atomic mass is 32.2. The zero-order valence-corrected chi connectivity index (χ0v) is 12.6. The SMILES string of the molecule is CC(NS(=O)(=O)c1cc(CO)n(C)c1)c1cccc(F)c1. The minimum absolute atomic E-state index is 0.0669. The summed E-state index contributed by atoms with van der Waals surface area (Å²) in [6.07, 6.45) is 1.42. The van der Waals surface area contributed by atoms with E-state index in [4.69, 9.17) is 5.11 Å². The summed E-state index contributed by atoms with van der Waals surface area (Å²) >= 11 is 0. The lowest BCUT2D eigenvalue weighted by Crippen LogP contribution is -2.26. The maximum absolute atomic E-state index is 13.2. The maximum atomic E-state index is 13.2. The van der Waals surface area contributed by atoms with Gasteiger partial charge in [0.2, 0.25) is 10.0 Å². The van der Waals surface area contributed by atoms with E-state index in [2.05, 4.69) is 4.72 Å². The van der Waals surface area contributed by atoms with Crippen molar-refractivity contribution < 1.29 is 17.9 Å². The number of nitrogens with one attached hydrogen (secondary N) is 1. The number of halogens is 1. The molecule has 0 amide bonds. The van der Waals surface area contributed by atoms with Crippen LogP contribution < -0.4 is 4.72 Å². The molecule has 2 N–H and O–H groups in total. The second-order valence-corrected chi connectivity index (χ2v) is 6.55. The molecule has 1 heterocycles. The van der Waals surface area contributed by atoms with E-state index in [9.17, 15) is 12.8 Å². The maximum Gasteiger partial charge on any atom is 0.242 e. The molecule has 0 bridgehead atoms. The highest BCUT2D eigenvalue weighted by Gasteiger charge is 2.20. The van der Waals surface area contributed by atoms with Crippen molar-refractivity contribution in [3.05, 3.63) is 53.6 Å². The molecule has 21 heavy (non-hydrogen) atoms. The number of rotatable bonds is 5. The molecule has 0 aliphatic carbocycles. The summed E-state index contributed by atoms with van der Waals surface area (Å²) in [7, 11) is -2.08. The number of hydrogen-bond acceptors (Lipinski definition) is 3. The van der Waals surface area contributed by atoms with Crippen molar-refractivity contribution in [1.29, 1.82) is 0 Å². The Labute approximate surface area is 123 Å². The van der Waals surface area contributed by atoms with Gasteiger partial charge in [-0.3, -0.25) is 0 Å². The normalized spacial score (nSPS) is 13.3. The van der Waals surface area contributed by atoms with Crippen LogP contribution in [0.3, 0.4) is 0 Å². The standard InChI is InChI=1S/C14H17FN2O3S/c1-10(11-4-3-5-12(15)6-11)16-21(19,20)14-7-13(9-18)17(2)8-14/h3-8,10,16,18H,9H2,1-2H3. The van der Waals surface area contributed by atoms with Crippen LogP contribution in [0.1, 0.15) is 24.2 Å². The molecule has 0 saturated carbocycles. The Morgan fingerprint density at radius 1 is 1.38 bits per heavy atom. The summed E-state index contributed by atoms with van der Waals surface area (Å²) in [6, 6.07) is 6.61. The highest BCUT2D eigenvalue weighted by molar-refractivity contribution is 7.89. The first kappa shape index (κ1) is 15.7. The van der Waals surface area contributed by atoms with E-state index in [0.29, 0.717) is 11.3 Å². The zero-order valence-electron chi connectivity index (χ0n) is 11.7. The van der Waals surface area contributed by atoms with E-state index in [1.165, 1.54) is 30.5 Å². The second kappa shape index (κ2) is 5.97. The monoisotopic (exact) mass is 312 g/mol. The van der Waals surface area contributed by atoms with Crippen LogP contribution in [-0.2, 0) is 23.7 Å². The number of hydrogen-bond donors (Lipinski definition) is 2. The van der Waals surface area contributed by atoms with Crippen molar-refractivity contribution in [2.45, 2.75) is 24.5 Å². The molecule has 0 aliphatic rings. The van der Waals surface area contributed by atoms with Crippen molar-refractivity contribution in [2.24, 2.45) is 7.05 Å². The van der Waals surface area contributed by atoms with Gasteiger partial charge in [-0.25, -0.2) is 17.5 Å². The summed E-state index contributed by atoms with van der Waals surface area (Å²) in [6.45, 7) is 1.40. The Morgan fingerprint density at radius 2 is 2.10 bits per heavy atom. The third-order valence-corrected chi connectivity index (χ3v) is 4.74. The molecular formula is C14H17FN2O3S. The lowest BCUT2D eigenvalue weighted by molar-refractivity contribution is 0.272. The van der Waals surface area contributed by atoms with Crippen molar-refractivity contribution in [1.82, 2.24) is 9.29 Å². The van der Waals surface area contributed by atoms with E-state index in [1.807, 2.05) is 0 Å². The van der Waals surface area contributed by atoms with E-state index in [1.54, 1.807) is 24.6 Å². The Balaban J connectivity index is 2.24. The van der Waals surface area contributed by atoms with Crippen LogP contribution in [0.5, 0.6) is 0 Å². The van der Waals surface area contributed by atoms with Crippen molar-refractivity contribution in [3.63, 3.8) is 0 Å². The predicted octanol–water partition coefficient (Wildman–Crippen LogP) is 1.70. The third-order valence-electron chi connectivity index (χ3n) is 3.24. The average molecular weight is 312 g/mol. The van der Waals surface area contributed by atoms with E-state index in [-0.39, 0.29) is 11.5 Å². The van der Waals surface area contributed by atoms with Crippen LogP contribution in [-0.4, -0.2) is 18.1 Å². The van der Waals surface area contributed by atoms with Crippen molar-refractivity contribution in [3.8, 4) is 0 Å². The first-order valence-corrected chi connectivity index (χ1v) is 7.85. The zero-order chi connectivity index (χ0) is 15.6. The number of nitrogens with zero attached hydrogens (tertiary/aromatic N) is 1. The topological polar surface area (TPSA) is 71.3 Å². The minimum Gasteiger partial charge on any atom is -0.390 e. The Hall–Kier alpha value is -1.70. The number of sulfonamides is 1. The molecular weight excluding hydrogens is 295 g/mol. The molecule has 0 fully saturated rings. The summed E-state index contributed by atoms with van der Waals surface area (Å²) in [5.74, 6) is -0.416. The summed E-state index contributed by atoms with van der Waals surface area (Å²) < 4.78 is 41.8. The van der Waals surface area contributed by atoms with Gasteiger partial charge in [-0.1, -0.05) is 12.1 Å². The van der Waals surface area contributed by atoms with Crippen molar-refractivity contribution in [2.75, 3.05) is 0 Å². The van der Waals surface area contributed by atoms with Gasteiger partial charge in [0.25, 0.3) is 0 Å². The molecule has 2 aromatic rings. The summed E-state index contributed by atoms with van der Waals surface area (Å²) in [4.78, 5) is 0.0669. The van der Waals surface area contributed by atoms with Gasteiger partial charge in [0.15, 0.2) is 0 Å². The van der Waals surface area contributed by atoms with E-state index < -0.39 is 21.9 Å². The smallest absolute Gasteiger partial charge is 0.242 e. The number of aliphatic hydroxyl groups is 1. The molecule has 0 aliphatic heterocycles. The highest BCUT2D eigenvalue weighted by Crippen LogP contribution is 2.19. The molecule has 114 valence electrons. The quantitative estimate of drug-likeness (QED) is 0.882. The molecule has 1 atom stereocenters. The Bertz CT molecular complexity index is 740. The first-order chi connectivity index (χ1) is 9.83. The van der Waals surface area contributed by atoms with Gasteiger partial charge in [0.1, 0.15) is 5.82 Å². The molecule has 1 aromatic carbocycles. The van der Waals surface area contributed by atoms with Crippen LogP contribution in [0, 0.1) is 5.82 Å². The van der Waals surface area contributed by atoms with E-state index in [0.717, 1.165) is 0 Å². The molecule has 0 radical (unpaired) electrons. The van der Waals surface area contributed by atoms with Gasteiger partial charge in [-0.2, -0.15) is 0 Å². The molecule has 1 aromatic heterocycles. The fourth-order valence-corrected chi connectivity index (χ4v) is 3.35. The average Bonchev–Trinajstić information content (AvgIpc) is 2.80. The van der Waals surface area contributed by atoms with Crippen molar-refractivity contribution >= 4 is 10.0 Å². The predicted molar refractivity (Wildman–Crippen MR) is 76.5 cm³/mol. The number of aryl methyl sites for hydroxylation is 1. The Morgan fingerprint density at radius 3 is 2.67 bits per heavy atom. The summed E-state index contributed by atoms with van der Waals surface area (Å²) in [5.41, 5.74) is 1.03. The van der Waals surface area contributed by atoms with Crippen LogP contribution >= 0.6 is 0 Å². The fourth-order valence-electron chi connectivity index (χ4n) is 2.03. The first-order valence-electron chi connectivity index (χ1n) is 6.37. The Kier molecular flexibility index (Phi) is 4.46. The molecule has 1 unspecified atom stereocenters. The van der Waals surface area contributed by atoms with Crippen LogP contribution in [0.25, 0.3) is 0 Å². The van der Waals surface area contributed by atoms with Crippen LogP contribution in [0.2, 0.25) is 0 Å². The largest absolute Gasteiger partial charge is 0.390 e. The molecule has 5 nitrogen and oxygen atoms in total. The molecule has 2 rings (SSSR count). The lowest BCUT2D eigenvalue weighted by atomic mass is 10.1. The number of aliphatic hydroxyl groups excluding tert-OH is 1. The van der Waals surface area contributed by atoms with Gasteiger partial charge < -0.3 is 9.67 Å². The molecule has 7 heteroatoms. The lowest BCUT2D eigenvalue weighted by Gasteiger charge is -2.14. The van der Waals surface area contributed by atoms with Crippen LogP contribution in [0.4, 0.5) is 4.39 Å². The summed E-state index contributed by atoms with van der Waals surface area (Å²) in [5, 5.41) is 9.11.